The summed E-state index contributed by atoms with van der Waals surface area (Å²) >= 11 is 0. The van der Waals surface area contributed by atoms with Crippen LogP contribution < -0.4 is 5.32 Å². The van der Waals surface area contributed by atoms with Crippen molar-refractivity contribution in [3.63, 3.8) is 0 Å². The molecular formula is C18H19F3N4O4. The molecule has 1 aliphatic rings. The van der Waals surface area contributed by atoms with Gasteiger partial charge in [0.25, 0.3) is 0 Å². The van der Waals surface area contributed by atoms with Crippen LogP contribution in [0.1, 0.15) is 24.3 Å². The lowest BCUT2D eigenvalue weighted by molar-refractivity contribution is -0.159. The largest absolute Gasteiger partial charge is 0.471 e. The molecule has 0 atom stereocenters. The lowest BCUT2D eigenvalue weighted by Gasteiger charge is -2.27. The van der Waals surface area contributed by atoms with E-state index in [0.717, 1.165) is 5.56 Å². The summed E-state index contributed by atoms with van der Waals surface area (Å²) in [5.74, 6) is -1.78. The molecule has 0 bridgehead atoms. The molecule has 0 saturated heterocycles. The number of nitrogens with one attached hydrogen (secondary N) is 1. The van der Waals surface area contributed by atoms with Gasteiger partial charge in [-0.3, -0.25) is 9.59 Å². The third kappa shape index (κ3) is 4.73. The quantitative estimate of drug-likeness (QED) is 0.633. The van der Waals surface area contributed by atoms with Crippen LogP contribution in [0.3, 0.4) is 0 Å². The zero-order chi connectivity index (χ0) is 21.1. The van der Waals surface area contributed by atoms with Crippen molar-refractivity contribution in [2.45, 2.75) is 31.1 Å². The molecule has 11 heteroatoms. The van der Waals surface area contributed by atoms with Crippen LogP contribution in [0, 0.1) is 0 Å². The normalized spacial score (nSPS) is 15.0. The maximum absolute atomic E-state index is 12.8. The number of alkyl halides is 3. The van der Waals surface area contributed by atoms with Gasteiger partial charge < -0.3 is 19.5 Å². The summed E-state index contributed by atoms with van der Waals surface area (Å²) in [6.45, 7) is 0.911. The Morgan fingerprint density at radius 3 is 2.55 bits per heavy atom. The Hall–Kier alpha value is -2.95. The van der Waals surface area contributed by atoms with Crippen LogP contribution in [0.5, 0.6) is 0 Å². The lowest BCUT2D eigenvalue weighted by atomic mass is 10.1. The summed E-state index contributed by atoms with van der Waals surface area (Å²) in [6.07, 6.45) is -3.03. The minimum absolute atomic E-state index is 0.177. The molecule has 1 fully saturated rings. The van der Waals surface area contributed by atoms with Crippen LogP contribution in [-0.2, 0) is 27.0 Å². The molecular weight excluding hydrogens is 393 g/mol. The van der Waals surface area contributed by atoms with Gasteiger partial charge in [0.1, 0.15) is 5.54 Å². The molecule has 1 aromatic carbocycles. The number of hydrogen-bond donors (Lipinski definition) is 1. The van der Waals surface area contributed by atoms with Gasteiger partial charge >= 0.3 is 12.1 Å². The molecule has 3 rings (SSSR count). The summed E-state index contributed by atoms with van der Waals surface area (Å²) in [5, 5.41) is 5.93. The molecule has 1 aliphatic carbocycles. The SMILES string of the molecule is COCCN(Cc1ccc(-c2noc(C(F)(F)F)n2)cc1)C(=O)C1(NC=O)CC1. The molecule has 156 valence electrons. The molecule has 8 nitrogen and oxygen atoms in total. The van der Waals surface area contributed by atoms with E-state index in [-0.39, 0.29) is 18.3 Å². The van der Waals surface area contributed by atoms with Crippen molar-refractivity contribution in [3.8, 4) is 11.4 Å². The number of rotatable bonds is 9. The van der Waals surface area contributed by atoms with Crippen molar-refractivity contribution in [2.24, 2.45) is 0 Å². The third-order valence-electron chi connectivity index (χ3n) is 4.60. The smallest absolute Gasteiger partial charge is 0.383 e. The van der Waals surface area contributed by atoms with Crippen LogP contribution in [-0.4, -0.2) is 53.2 Å². The second-order valence-electron chi connectivity index (χ2n) is 6.68. The highest BCUT2D eigenvalue weighted by Gasteiger charge is 2.51. The Kier molecular flexibility index (Phi) is 5.87. The topological polar surface area (TPSA) is 97.6 Å². The van der Waals surface area contributed by atoms with Crippen molar-refractivity contribution < 1.29 is 32.0 Å². The number of benzene rings is 1. The first-order chi connectivity index (χ1) is 13.8. The number of hydrogen-bond acceptors (Lipinski definition) is 6. The molecule has 29 heavy (non-hydrogen) atoms. The van der Waals surface area contributed by atoms with E-state index in [0.29, 0.717) is 38.0 Å². The van der Waals surface area contributed by atoms with Crippen molar-refractivity contribution >= 4 is 12.3 Å². The zero-order valence-electron chi connectivity index (χ0n) is 15.5. The summed E-state index contributed by atoms with van der Waals surface area (Å²) in [4.78, 5) is 28.6. The fourth-order valence-electron chi connectivity index (χ4n) is 2.85. The average molecular weight is 412 g/mol. The van der Waals surface area contributed by atoms with Gasteiger partial charge in [0.05, 0.1) is 6.61 Å². The van der Waals surface area contributed by atoms with E-state index >= 15 is 0 Å². The second-order valence-corrected chi connectivity index (χ2v) is 6.68. The van der Waals surface area contributed by atoms with Gasteiger partial charge in [-0.1, -0.05) is 29.4 Å². The van der Waals surface area contributed by atoms with Gasteiger partial charge in [0.15, 0.2) is 0 Å². The molecule has 0 radical (unpaired) electrons. The van der Waals surface area contributed by atoms with Crippen LogP contribution in [0.2, 0.25) is 0 Å². The van der Waals surface area contributed by atoms with Crippen LogP contribution in [0.25, 0.3) is 11.4 Å². The molecule has 1 heterocycles. The Bertz CT molecular complexity index is 863. The Morgan fingerprint density at radius 2 is 2.03 bits per heavy atom. The van der Waals surface area contributed by atoms with Gasteiger partial charge in [-0.25, -0.2) is 0 Å². The Balaban J connectivity index is 1.72. The standard InChI is InChI=1S/C18H19F3N4O4/c1-28-9-8-25(16(27)17(6-7-17)22-11-26)10-12-2-4-13(5-3-12)14-23-15(29-24-14)18(19,20)21/h2-5,11H,6-10H2,1H3,(H,22,26). The first-order valence-corrected chi connectivity index (χ1v) is 8.79. The maximum Gasteiger partial charge on any atom is 0.471 e. The Morgan fingerprint density at radius 1 is 1.34 bits per heavy atom. The van der Waals surface area contributed by atoms with Crippen LogP contribution in [0.4, 0.5) is 13.2 Å². The molecule has 0 spiro atoms. The van der Waals surface area contributed by atoms with Crippen LogP contribution >= 0.6 is 0 Å². The van der Waals surface area contributed by atoms with Gasteiger partial charge in [-0.05, 0) is 18.4 Å². The van der Waals surface area contributed by atoms with E-state index in [2.05, 4.69) is 20.0 Å². The highest BCUT2D eigenvalue weighted by Crippen LogP contribution is 2.37. The van der Waals surface area contributed by atoms with Crippen LogP contribution in [0.15, 0.2) is 28.8 Å². The Labute approximate surface area is 164 Å². The highest BCUT2D eigenvalue weighted by atomic mass is 19.4. The zero-order valence-corrected chi connectivity index (χ0v) is 15.5. The van der Waals surface area contributed by atoms with E-state index in [1.807, 2.05) is 0 Å². The van der Waals surface area contributed by atoms with Gasteiger partial charge in [0, 0.05) is 25.8 Å². The van der Waals surface area contributed by atoms with E-state index in [1.165, 1.54) is 7.11 Å². The molecule has 1 aromatic heterocycles. The summed E-state index contributed by atoms with van der Waals surface area (Å²) < 4.78 is 47.1. The number of methoxy groups -OCH3 is 1. The monoisotopic (exact) mass is 412 g/mol. The van der Waals surface area contributed by atoms with Gasteiger partial charge in [0.2, 0.25) is 18.1 Å². The number of carbonyl (C=O) groups is 2. The van der Waals surface area contributed by atoms with E-state index in [9.17, 15) is 22.8 Å². The number of aromatic nitrogens is 2. The summed E-state index contributed by atoms with van der Waals surface area (Å²) in [6, 6.07) is 6.43. The van der Waals surface area contributed by atoms with Crippen molar-refractivity contribution in [1.29, 1.82) is 0 Å². The number of nitrogens with zero attached hydrogens (tertiary/aromatic N) is 3. The molecule has 1 N–H and O–H groups in total. The van der Waals surface area contributed by atoms with E-state index in [1.54, 1.807) is 29.2 Å². The summed E-state index contributed by atoms with van der Waals surface area (Å²) in [7, 11) is 1.52. The van der Waals surface area contributed by atoms with Gasteiger partial charge in [-0.2, -0.15) is 18.2 Å². The number of ether oxygens (including phenoxy) is 1. The second kappa shape index (κ2) is 8.19. The van der Waals surface area contributed by atoms with Gasteiger partial charge in [-0.15, -0.1) is 0 Å². The molecule has 0 aliphatic heterocycles. The predicted molar refractivity (Wildman–Crippen MR) is 93.2 cm³/mol. The lowest BCUT2D eigenvalue weighted by Crippen LogP contribution is -2.48. The highest BCUT2D eigenvalue weighted by molar-refractivity contribution is 5.91. The van der Waals surface area contributed by atoms with E-state index in [4.69, 9.17) is 4.74 Å². The number of carbonyl (C=O) groups excluding carboxylic acids is 2. The van der Waals surface area contributed by atoms with Crippen molar-refractivity contribution in [2.75, 3.05) is 20.3 Å². The molecule has 0 unspecified atom stereocenters. The summed E-state index contributed by atoms with van der Waals surface area (Å²) in [5.41, 5.74) is 0.248. The van der Waals surface area contributed by atoms with Crippen molar-refractivity contribution in [3.05, 3.63) is 35.7 Å². The third-order valence-corrected chi connectivity index (χ3v) is 4.60. The molecule has 2 aromatic rings. The molecule has 2 amide bonds. The minimum atomic E-state index is -4.71. The fraction of sp³-hybridized carbons (Fsp3) is 0.444. The molecule has 1 saturated carbocycles. The fourth-order valence-corrected chi connectivity index (χ4v) is 2.85. The number of halogens is 3. The maximum atomic E-state index is 12.8. The number of amides is 2. The van der Waals surface area contributed by atoms with Crippen molar-refractivity contribution in [1.82, 2.24) is 20.4 Å². The average Bonchev–Trinajstić information content (AvgIpc) is 3.28. The van der Waals surface area contributed by atoms with E-state index < -0.39 is 17.6 Å². The first kappa shape index (κ1) is 20.8. The minimum Gasteiger partial charge on any atom is -0.383 e. The predicted octanol–water partition coefficient (Wildman–Crippen LogP) is 2.01. The first-order valence-electron chi connectivity index (χ1n) is 8.79.